The van der Waals surface area contributed by atoms with Gasteiger partial charge in [0.25, 0.3) is 0 Å². The largest absolute Gasteiger partial charge is 0.668 e. The van der Waals surface area contributed by atoms with Crippen LogP contribution in [-0.4, -0.2) is 40.7 Å². The first kappa shape index (κ1) is 32.8. The second-order valence-electron chi connectivity index (χ2n) is 8.74. The summed E-state index contributed by atoms with van der Waals surface area (Å²) in [7, 11) is 0. The van der Waals surface area contributed by atoms with Crippen molar-refractivity contribution < 1.29 is 17.1 Å². The second kappa shape index (κ2) is 27.7. The Morgan fingerprint density at radius 1 is 0.710 bits per heavy atom. The van der Waals surface area contributed by atoms with E-state index in [4.69, 9.17) is 12.3 Å². The summed E-state index contributed by atoms with van der Waals surface area (Å²) in [5.74, 6) is -0.159. The molecule has 31 heavy (non-hydrogen) atoms. The van der Waals surface area contributed by atoms with Gasteiger partial charge in [0.15, 0.2) is 0 Å². The number of allylic oxidation sites excluding steroid dienone is 2. The summed E-state index contributed by atoms with van der Waals surface area (Å²) < 4.78 is 15.3. The molecule has 4 nitrogen and oxygen atoms in total. The molecule has 1 radical (unpaired) electrons. The van der Waals surface area contributed by atoms with Gasteiger partial charge in [-0.15, -0.1) is 0 Å². The predicted octanol–water partition coefficient (Wildman–Crippen LogP) is 7.96. The highest BCUT2D eigenvalue weighted by Gasteiger charge is 2.01. The maximum atomic E-state index is 10.6. The van der Waals surface area contributed by atoms with E-state index < -0.39 is 0 Å². The normalized spacial score (nSPS) is 11.1. The molecule has 0 aliphatic rings. The van der Waals surface area contributed by atoms with Gasteiger partial charge in [0, 0.05) is 19.1 Å². The van der Waals surface area contributed by atoms with Crippen molar-refractivity contribution >= 4 is 21.9 Å². The second-order valence-corrected chi connectivity index (χ2v) is 9.48. The molecule has 0 atom stereocenters. The minimum Gasteiger partial charge on any atom is -0.482 e. The maximum Gasteiger partial charge on any atom is 0.668 e. The zero-order chi connectivity index (χ0) is 23.6. The van der Waals surface area contributed by atoms with E-state index in [-0.39, 0.29) is 21.9 Å². The standard InChI is InChI=1S/C20H38O2.2C3H7O.Al/c1-3-4-5-6-7-8-9-10-11-12-13-14-15-16-17-18-19-22-20(2)21;2*1-3(2)4;/h10-11H,3-9,12-19H2,1-2H3;2*3H,1-2H3;/q;2*-1;+2/b11-10-;;;. The number of hydrogen-bond acceptors (Lipinski definition) is 4. The van der Waals surface area contributed by atoms with Crippen LogP contribution in [0, 0.1) is 0 Å². The van der Waals surface area contributed by atoms with Crippen LogP contribution < -0.4 is 0 Å². The van der Waals surface area contributed by atoms with Crippen LogP contribution in [0.1, 0.15) is 131 Å². The van der Waals surface area contributed by atoms with Crippen LogP contribution in [-0.2, 0) is 17.1 Å². The first-order valence-electron chi connectivity index (χ1n) is 12.8. The average Bonchev–Trinajstić information content (AvgIpc) is 2.70. The molecule has 0 spiro atoms. The van der Waals surface area contributed by atoms with E-state index in [0.29, 0.717) is 18.8 Å². The minimum atomic E-state index is -0.245. The van der Waals surface area contributed by atoms with Crippen LogP contribution in [0.15, 0.2) is 12.2 Å². The number of esters is 1. The van der Waals surface area contributed by atoms with Crippen molar-refractivity contribution in [2.75, 3.05) is 6.61 Å². The van der Waals surface area contributed by atoms with Gasteiger partial charge in [-0.3, -0.25) is 4.79 Å². The molecule has 0 N–H and O–H groups in total. The number of unbranched alkanes of at least 4 members (excludes halogenated alkanes) is 12. The van der Waals surface area contributed by atoms with Gasteiger partial charge in [-0.2, -0.15) is 0 Å². The van der Waals surface area contributed by atoms with E-state index >= 15 is 0 Å². The quantitative estimate of drug-likeness (QED) is 0.0808. The Morgan fingerprint density at radius 2 is 1.13 bits per heavy atom. The monoisotopic (exact) mass is 455 g/mol. The number of hydrogen-bond donors (Lipinski definition) is 0. The van der Waals surface area contributed by atoms with E-state index in [1.54, 1.807) is 0 Å². The summed E-state index contributed by atoms with van der Waals surface area (Å²) in [4.78, 5) is 10.6. The van der Waals surface area contributed by atoms with E-state index in [1.165, 1.54) is 90.4 Å². The van der Waals surface area contributed by atoms with Crippen molar-refractivity contribution in [3.63, 3.8) is 0 Å². The third-order valence-corrected chi connectivity index (χ3v) is 5.93. The molecule has 183 valence electrons. The zero-order valence-electron chi connectivity index (χ0n) is 21.6. The Balaban J connectivity index is 0. The van der Waals surface area contributed by atoms with Gasteiger partial charge < -0.3 is 12.3 Å². The van der Waals surface area contributed by atoms with Gasteiger partial charge in [0.2, 0.25) is 0 Å². The van der Waals surface area contributed by atoms with Crippen molar-refractivity contribution in [2.24, 2.45) is 0 Å². The third kappa shape index (κ3) is 37.3. The fourth-order valence-electron chi connectivity index (χ4n) is 2.82. The SMILES string of the molecule is CC(C)[O][Al][O]C(C)C.CCCCCCCC/C=C\CCCCCCCCOC(C)=O. The molecule has 0 rings (SSSR count). The highest BCUT2D eigenvalue weighted by Crippen LogP contribution is 2.10. The Bertz CT molecular complexity index is 376. The lowest BCUT2D eigenvalue weighted by atomic mass is 10.1. The molecular weight excluding hydrogens is 403 g/mol. The van der Waals surface area contributed by atoms with Crippen LogP contribution in [0.3, 0.4) is 0 Å². The van der Waals surface area contributed by atoms with Crippen LogP contribution in [0.2, 0.25) is 0 Å². The van der Waals surface area contributed by atoms with Gasteiger partial charge in [-0.1, -0.05) is 76.9 Å². The van der Waals surface area contributed by atoms with E-state index in [9.17, 15) is 4.79 Å². The van der Waals surface area contributed by atoms with Crippen molar-refractivity contribution in [2.45, 2.75) is 144 Å². The average molecular weight is 456 g/mol. The number of carbonyl (C=O) groups is 1. The Kier molecular flexibility index (Phi) is 29.3. The first-order chi connectivity index (χ1) is 14.9. The smallest absolute Gasteiger partial charge is 0.482 e. The molecular formula is C26H52AlO4. The molecule has 0 saturated heterocycles. The van der Waals surface area contributed by atoms with Crippen molar-refractivity contribution in [1.29, 1.82) is 0 Å². The van der Waals surface area contributed by atoms with Crippen LogP contribution in [0.25, 0.3) is 0 Å². The Hall–Kier alpha value is -0.338. The molecule has 0 unspecified atom stereocenters. The van der Waals surface area contributed by atoms with Crippen LogP contribution in [0.4, 0.5) is 0 Å². The molecule has 0 saturated carbocycles. The Morgan fingerprint density at radius 3 is 1.55 bits per heavy atom. The molecule has 0 heterocycles. The summed E-state index contributed by atoms with van der Waals surface area (Å²) in [6.07, 6.45) is 23.6. The summed E-state index contributed by atoms with van der Waals surface area (Å²) in [5.41, 5.74) is 0. The van der Waals surface area contributed by atoms with Crippen molar-refractivity contribution in [1.82, 2.24) is 0 Å². The fourth-order valence-corrected chi connectivity index (χ4v) is 3.33. The van der Waals surface area contributed by atoms with Gasteiger partial charge in [-0.25, -0.2) is 0 Å². The summed E-state index contributed by atoms with van der Waals surface area (Å²) in [6, 6.07) is 0. The number of ether oxygens (including phenoxy) is 1. The summed E-state index contributed by atoms with van der Waals surface area (Å²) in [5, 5.41) is 0. The zero-order valence-corrected chi connectivity index (χ0v) is 22.8. The van der Waals surface area contributed by atoms with E-state index in [1.807, 2.05) is 27.7 Å². The van der Waals surface area contributed by atoms with Gasteiger partial charge in [0.1, 0.15) is 0 Å². The molecule has 0 fully saturated rings. The highest BCUT2D eigenvalue weighted by atomic mass is 27.2. The van der Waals surface area contributed by atoms with Gasteiger partial charge in [-0.05, 0) is 59.8 Å². The maximum absolute atomic E-state index is 10.6. The van der Waals surface area contributed by atoms with Gasteiger partial charge in [0.05, 0.1) is 6.61 Å². The predicted molar refractivity (Wildman–Crippen MR) is 134 cm³/mol. The topological polar surface area (TPSA) is 44.8 Å². The Labute approximate surface area is 201 Å². The lowest BCUT2D eigenvalue weighted by Gasteiger charge is -2.09. The number of carbonyl (C=O) groups excluding carboxylic acids is 1. The summed E-state index contributed by atoms with van der Waals surface area (Å²) in [6.45, 7) is 12.4. The highest BCUT2D eigenvalue weighted by molar-refractivity contribution is 6.18. The van der Waals surface area contributed by atoms with E-state index in [0.717, 1.165) is 6.42 Å². The molecule has 0 aliphatic carbocycles. The van der Waals surface area contributed by atoms with Crippen LogP contribution >= 0.6 is 0 Å². The molecule has 0 amide bonds. The first-order valence-corrected chi connectivity index (χ1v) is 13.7. The fraction of sp³-hybridized carbons (Fsp3) is 0.885. The molecule has 0 aromatic heterocycles. The molecule has 0 bridgehead atoms. The van der Waals surface area contributed by atoms with Crippen LogP contribution in [0.5, 0.6) is 0 Å². The molecule has 0 aromatic carbocycles. The number of rotatable bonds is 20. The van der Waals surface area contributed by atoms with Crippen molar-refractivity contribution in [3.05, 3.63) is 12.2 Å². The summed E-state index contributed by atoms with van der Waals surface area (Å²) >= 11 is -0.245. The molecule has 5 heteroatoms. The third-order valence-electron chi connectivity index (χ3n) is 4.62. The van der Waals surface area contributed by atoms with Gasteiger partial charge >= 0.3 is 21.9 Å². The van der Waals surface area contributed by atoms with Crippen molar-refractivity contribution in [3.8, 4) is 0 Å². The minimum absolute atomic E-state index is 0.159. The van der Waals surface area contributed by atoms with E-state index in [2.05, 4.69) is 19.1 Å². The molecule has 0 aliphatic heterocycles. The molecule has 0 aromatic rings. The lowest BCUT2D eigenvalue weighted by molar-refractivity contribution is -0.141. The lowest BCUT2D eigenvalue weighted by Crippen LogP contribution is -2.14.